The van der Waals surface area contributed by atoms with E-state index in [2.05, 4.69) is 33.7 Å². The van der Waals surface area contributed by atoms with Crippen molar-refractivity contribution >= 4 is 35.0 Å². The van der Waals surface area contributed by atoms with Crippen LogP contribution in [-0.4, -0.2) is 38.9 Å². The first-order valence-corrected chi connectivity index (χ1v) is 14.5. The van der Waals surface area contributed by atoms with E-state index in [0.29, 0.717) is 35.3 Å². The predicted octanol–water partition coefficient (Wildman–Crippen LogP) is 6.24. The third-order valence-electron chi connectivity index (χ3n) is 7.20. The lowest BCUT2D eigenvalue weighted by Crippen LogP contribution is -2.30. The number of fused-ring (bicyclic) bond motifs is 1. The Hall–Kier alpha value is -4.69. The maximum atomic E-state index is 13.2. The zero-order valence-electron chi connectivity index (χ0n) is 22.7. The average Bonchev–Trinajstić information content (AvgIpc) is 3.61. The van der Waals surface area contributed by atoms with Crippen molar-refractivity contribution < 1.29 is 9.59 Å². The van der Waals surface area contributed by atoms with Gasteiger partial charge in [-0.25, -0.2) is 0 Å². The van der Waals surface area contributed by atoms with Crippen LogP contribution in [0.4, 0.5) is 11.4 Å². The Labute approximate surface area is 243 Å². The molecule has 0 atom stereocenters. The number of hydrogen-bond donors (Lipinski definition) is 1. The first-order valence-electron chi connectivity index (χ1n) is 13.5. The minimum Gasteiger partial charge on any atom is -0.322 e. The Morgan fingerprint density at radius 2 is 1.59 bits per heavy atom. The number of rotatable bonds is 8. The Morgan fingerprint density at radius 3 is 2.39 bits per heavy atom. The molecule has 0 bridgehead atoms. The van der Waals surface area contributed by atoms with Crippen LogP contribution < -0.4 is 10.2 Å². The van der Waals surface area contributed by atoms with E-state index in [4.69, 9.17) is 0 Å². The number of anilines is 2. The molecule has 2 amide bonds. The molecule has 41 heavy (non-hydrogen) atoms. The third-order valence-corrected chi connectivity index (χ3v) is 8.16. The van der Waals surface area contributed by atoms with Gasteiger partial charge in [-0.1, -0.05) is 78.5 Å². The van der Waals surface area contributed by atoms with Gasteiger partial charge in [-0.2, -0.15) is 0 Å². The molecule has 6 rings (SSSR count). The number of para-hydroxylation sites is 1. The number of aryl methyl sites for hydroxylation is 1. The molecule has 0 spiro atoms. The minimum absolute atomic E-state index is 0.0597. The van der Waals surface area contributed by atoms with Gasteiger partial charge >= 0.3 is 0 Å². The molecule has 1 aliphatic heterocycles. The molecule has 2 heterocycles. The van der Waals surface area contributed by atoms with E-state index in [1.54, 1.807) is 0 Å². The van der Waals surface area contributed by atoms with Crippen LogP contribution in [0.15, 0.2) is 108 Å². The van der Waals surface area contributed by atoms with Gasteiger partial charge in [0, 0.05) is 29.0 Å². The molecule has 7 nitrogen and oxygen atoms in total. The first-order chi connectivity index (χ1) is 20.1. The van der Waals surface area contributed by atoms with Gasteiger partial charge in [0.05, 0.1) is 12.3 Å². The van der Waals surface area contributed by atoms with Gasteiger partial charge in [-0.05, 0) is 66.4 Å². The van der Waals surface area contributed by atoms with Gasteiger partial charge in [-0.15, -0.1) is 10.2 Å². The van der Waals surface area contributed by atoms with E-state index in [9.17, 15) is 9.59 Å². The monoisotopic (exact) mass is 559 g/mol. The number of thioether (sulfide) groups is 1. The molecule has 0 unspecified atom stereocenters. The number of nitrogens with zero attached hydrogens (tertiary/aromatic N) is 4. The summed E-state index contributed by atoms with van der Waals surface area (Å²) in [5, 5.41) is 12.7. The second-order valence-corrected chi connectivity index (χ2v) is 10.9. The Morgan fingerprint density at radius 1 is 0.854 bits per heavy atom. The molecule has 0 radical (unpaired) electrons. The quantitative estimate of drug-likeness (QED) is 0.228. The third kappa shape index (κ3) is 5.78. The fraction of sp³-hybridized carbons (Fsp3) is 0.152. The molecule has 5 aromatic rings. The molecular formula is C33H29N5O2S. The number of nitrogens with one attached hydrogen (secondary N) is 1. The average molecular weight is 560 g/mol. The van der Waals surface area contributed by atoms with E-state index >= 15 is 0 Å². The van der Waals surface area contributed by atoms with Crippen molar-refractivity contribution in [3.8, 4) is 11.4 Å². The van der Waals surface area contributed by atoms with Gasteiger partial charge < -0.3 is 10.2 Å². The van der Waals surface area contributed by atoms with Crippen molar-refractivity contribution in [1.82, 2.24) is 14.8 Å². The van der Waals surface area contributed by atoms with E-state index in [1.807, 2.05) is 101 Å². The van der Waals surface area contributed by atoms with Crippen molar-refractivity contribution in [3.63, 3.8) is 0 Å². The number of benzene rings is 4. The molecule has 0 fully saturated rings. The highest BCUT2D eigenvalue weighted by molar-refractivity contribution is 7.99. The lowest BCUT2D eigenvalue weighted by atomic mass is 10.1. The zero-order valence-corrected chi connectivity index (χ0v) is 23.5. The molecule has 0 aliphatic carbocycles. The van der Waals surface area contributed by atoms with Gasteiger partial charge in [0.1, 0.15) is 0 Å². The molecular weight excluding hydrogens is 530 g/mol. The SMILES string of the molecule is Cc1ccccc1C(=O)Nc1ccc(-c2nnc(SCC(=O)N3CCc4ccccc43)n2Cc2ccccc2)cc1. The Bertz CT molecular complexity index is 1700. The van der Waals surface area contributed by atoms with Crippen LogP contribution in [0.2, 0.25) is 0 Å². The van der Waals surface area contributed by atoms with Gasteiger partial charge in [0.2, 0.25) is 5.91 Å². The Kier molecular flexibility index (Phi) is 7.65. The van der Waals surface area contributed by atoms with Gasteiger partial charge in [0.25, 0.3) is 5.91 Å². The molecule has 1 aromatic heterocycles. The van der Waals surface area contributed by atoms with Gasteiger partial charge in [0.15, 0.2) is 11.0 Å². The summed E-state index contributed by atoms with van der Waals surface area (Å²) in [5.74, 6) is 0.883. The Balaban J connectivity index is 1.22. The number of carbonyl (C=O) groups excluding carboxylic acids is 2. The fourth-order valence-electron chi connectivity index (χ4n) is 5.05. The molecule has 4 aromatic carbocycles. The number of amides is 2. The van der Waals surface area contributed by atoms with Crippen molar-refractivity contribution in [2.45, 2.75) is 25.0 Å². The topological polar surface area (TPSA) is 80.1 Å². The lowest BCUT2D eigenvalue weighted by Gasteiger charge is -2.17. The molecule has 1 aliphatic rings. The second-order valence-electron chi connectivity index (χ2n) is 9.94. The van der Waals surface area contributed by atoms with Crippen LogP contribution in [0, 0.1) is 6.92 Å². The number of aromatic nitrogens is 3. The zero-order chi connectivity index (χ0) is 28.2. The van der Waals surface area contributed by atoms with E-state index in [0.717, 1.165) is 28.8 Å². The van der Waals surface area contributed by atoms with Crippen molar-refractivity contribution in [1.29, 1.82) is 0 Å². The smallest absolute Gasteiger partial charge is 0.255 e. The summed E-state index contributed by atoms with van der Waals surface area (Å²) in [6, 6.07) is 33.3. The number of hydrogen-bond acceptors (Lipinski definition) is 5. The molecule has 1 N–H and O–H groups in total. The second kappa shape index (κ2) is 11.8. The minimum atomic E-state index is -0.146. The van der Waals surface area contributed by atoms with Crippen LogP contribution in [0.5, 0.6) is 0 Å². The van der Waals surface area contributed by atoms with Crippen molar-refractivity contribution in [3.05, 3.63) is 125 Å². The normalized spacial score (nSPS) is 12.3. The van der Waals surface area contributed by atoms with Crippen LogP contribution in [-0.2, 0) is 17.8 Å². The van der Waals surface area contributed by atoms with Crippen molar-refractivity contribution in [2.75, 3.05) is 22.5 Å². The summed E-state index contributed by atoms with van der Waals surface area (Å²) in [7, 11) is 0. The van der Waals surface area contributed by atoms with Crippen LogP contribution in [0.3, 0.4) is 0 Å². The summed E-state index contributed by atoms with van der Waals surface area (Å²) < 4.78 is 2.05. The summed E-state index contributed by atoms with van der Waals surface area (Å²) in [5.41, 5.74) is 6.45. The number of carbonyl (C=O) groups is 2. The summed E-state index contributed by atoms with van der Waals surface area (Å²) in [6.07, 6.45) is 0.877. The van der Waals surface area contributed by atoms with Crippen molar-refractivity contribution in [2.24, 2.45) is 0 Å². The largest absolute Gasteiger partial charge is 0.322 e. The first kappa shape index (κ1) is 26.5. The fourth-order valence-corrected chi connectivity index (χ4v) is 5.86. The van der Waals surface area contributed by atoms with E-state index in [1.165, 1.54) is 17.3 Å². The van der Waals surface area contributed by atoms with Crippen LogP contribution in [0.25, 0.3) is 11.4 Å². The lowest BCUT2D eigenvalue weighted by molar-refractivity contribution is -0.116. The van der Waals surface area contributed by atoms with E-state index in [-0.39, 0.29) is 17.6 Å². The predicted molar refractivity (Wildman–Crippen MR) is 163 cm³/mol. The van der Waals surface area contributed by atoms with Crippen LogP contribution in [0.1, 0.15) is 27.0 Å². The summed E-state index contributed by atoms with van der Waals surface area (Å²) in [4.78, 5) is 27.8. The highest BCUT2D eigenvalue weighted by atomic mass is 32.2. The maximum Gasteiger partial charge on any atom is 0.255 e. The maximum absolute atomic E-state index is 13.2. The highest BCUT2D eigenvalue weighted by Crippen LogP contribution is 2.30. The molecule has 204 valence electrons. The van der Waals surface area contributed by atoms with Gasteiger partial charge in [-0.3, -0.25) is 14.2 Å². The molecule has 0 saturated carbocycles. The van der Waals surface area contributed by atoms with E-state index < -0.39 is 0 Å². The molecule has 8 heteroatoms. The standard InChI is InChI=1S/C33H29N5O2S/c1-23-9-5-7-13-28(23)32(40)34-27-17-15-26(16-18-27)31-35-36-33(38(31)21-24-10-3-2-4-11-24)41-22-30(39)37-20-19-25-12-6-8-14-29(25)37/h2-18H,19-22H2,1H3,(H,34,40). The highest BCUT2D eigenvalue weighted by Gasteiger charge is 2.25. The summed E-state index contributed by atoms with van der Waals surface area (Å²) in [6.45, 7) is 3.19. The van der Waals surface area contributed by atoms with Crippen LogP contribution >= 0.6 is 11.8 Å². The summed E-state index contributed by atoms with van der Waals surface area (Å²) >= 11 is 1.40. The molecule has 0 saturated heterocycles.